The van der Waals surface area contributed by atoms with Crippen LogP contribution in [0.1, 0.15) is 24.3 Å². The van der Waals surface area contributed by atoms with Gasteiger partial charge in [0.25, 0.3) is 5.91 Å². The number of ether oxygens (including phenoxy) is 2. The van der Waals surface area contributed by atoms with Crippen LogP contribution in [0.25, 0.3) is 0 Å². The van der Waals surface area contributed by atoms with Gasteiger partial charge in [0.05, 0.1) is 13.2 Å². The second-order valence-corrected chi connectivity index (χ2v) is 5.59. The lowest BCUT2D eigenvalue weighted by Gasteiger charge is -2.29. The van der Waals surface area contributed by atoms with E-state index in [1.165, 1.54) is 10.4 Å². The number of thiophene rings is 1. The van der Waals surface area contributed by atoms with E-state index in [4.69, 9.17) is 9.47 Å². The van der Waals surface area contributed by atoms with Crippen molar-refractivity contribution < 1.29 is 14.3 Å². The molecule has 4 nitrogen and oxygen atoms in total. The standard InChI is InChI=1S/C14H21NO3S/c1-3-17-7-8-18-11(2)14(16)15-6-4-13-12(10-15)5-9-19-13/h5,9,11H,3-4,6-8,10H2,1-2H3. The predicted octanol–water partition coefficient (Wildman–Crippen LogP) is 2.07. The first-order valence-corrected chi connectivity index (χ1v) is 7.63. The van der Waals surface area contributed by atoms with Gasteiger partial charge in [0.1, 0.15) is 6.10 Å². The first-order valence-electron chi connectivity index (χ1n) is 6.75. The van der Waals surface area contributed by atoms with Crippen LogP contribution in [0, 0.1) is 0 Å². The molecule has 0 spiro atoms. The van der Waals surface area contributed by atoms with Crippen LogP contribution in [0.5, 0.6) is 0 Å². The summed E-state index contributed by atoms with van der Waals surface area (Å²) >= 11 is 1.78. The smallest absolute Gasteiger partial charge is 0.251 e. The molecule has 0 aliphatic carbocycles. The molecule has 1 unspecified atom stereocenters. The lowest BCUT2D eigenvalue weighted by Crippen LogP contribution is -2.42. The van der Waals surface area contributed by atoms with Gasteiger partial charge >= 0.3 is 0 Å². The summed E-state index contributed by atoms with van der Waals surface area (Å²) < 4.78 is 10.7. The Morgan fingerprint density at radius 1 is 1.53 bits per heavy atom. The van der Waals surface area contributed by atoms with Crippen molar-refractivity contribution >= 4 is 17.2 Å². The third kappa shape index (κ3) is 3.78. The molecule has 1 amide bonds. The van der Waals surface area contributed by atoms with Crippen LogP contribution < -0.4 is 0 Å². The Labute approximate surface area is 118 Å². The van der Waals surface area contributed by atoms with Crippen LogP contribution in [0.2, 0.25) is 0 Å². The minimum absolute atomic E-state index is 0.0772. The van der Waals surface area contributed by atoms with E-state index in [9.17, 15) is 4.79 Å². The highest BCUT2D eigenvalue weighted by Crippen LogP contribution is 2.24. The Morgan fingerprint density at radius 3 is 3.16 bits per heavy atom. The molecule has 5 heteroatoms. The highest BCUT2D eigenvalue weighted by Gasteiger charge is 2.25. The van der Waals surface area contributed by atoms with E-state index in [0.29, 0.717) is 19.8 Å². The fourth-order valence-corrected chi connectivity index (χ4v) is 3.08. The van der Waals surface area contributed by atoms with E-state index in [-0.39, 0.29) is 12.0 Å². The van der Waals surface area contributed by atoms with E-state index >= 15 is 0 Å². The predicted molar refractivity (Wildman–Crippen MR) is 75.3 cm³/mol. The topological polar surface area (TPSA) is 38.8 Å². The van der Waals surface area contributed by atoms with Crippen molar-refractivity contribution in [2.75, 3.05) is 26.4 Å². The van der Waals surface area contributed by atoms with Crippen molar-refractivity contribution in [1.82, 2.24) is 4.90 Å². The van der Waals surface area contributed by atoms with Gasteiger partial charge in [-0.3, -0.25) is 4.79 Å². The number of nitrogens with zero attached hydrogens (tertiary/aromatic N) is 1. The summed E-state index contributed by atoms with van der Waals surface area (Å²) in [6, 6.07) is 2.11. The van der Waals surface area contributed by atoms with E-state index in [2.05, 4.69) is 11.4 Å². The molecule has 0 radical (unpaired) electrons. The second-order valence-electron chi connectivity index (χ2n) is 4.59. The molecule has 1 aliphatic heterocycles. The summed E-state index contributed by atoms with van der Waals surface area (Å²) in [6.07, 6.45) is 0.574. The van der Waals surface area contributed by atoms with Crippen molar-refractivity contribution in [3.05, 3.63) is 21.9 Å². The van der Waals surface area contributed by atoms with E-state index in [1.807, 2.05) is 18.7 Å². The number of hydrogen-bond acceptors (Lipinski definition) is 4. The number of carbonyl (C=O) groups excluding carboxylic acids is 1. The quantitative estimate of drug-likeness (QED) is 0.750. The van der Waals surface area contributed by atoms with Gasteiger partial charge < -0.3 is 14.4 Å². The van der Waals surface area contributed by atoms with Crippen molar-refractivity contribution in [2.45, 2.75) is 32.9 Å². The van der Waals surface area contributed by atoms with Crippen molar-refractivity contribution in [3.8, 4) is 0 Å². The molecule has 2 rings (SSSR count). The van der Waals surface area contributed by atoms with E-state index in [1.54, 1.807) is 11.3 Å². The summed E-state index contributed by atoms with van der Waals surface area (Å²) in [6.45, 7) is 6.97. The van der Waals surface area contributed by atoms with Gasteiger partial charge in [0.15, 0.2) is 0 Å². The van der Waals surface area contributed by atoms with Gasteiger partial charge in [-0.1, -0.05) is 0 Å². The Balaban J connectivity index is 1.80. The molecule has 106 valence electrons. The summed E-state index contributed by atoms with van der Waals surface area (Å²) in [7, 11) is 0. The minimum atomic E-state index is -0.388. The maximum Gasteiger partial charge on any atom is 0.251 e. The normalized spacial score (nSPS) is 16.2. The second kappa shape index (κ2) is 7.03. The first-order chi connectivity index (χ1) is 9.22. The highest BCUT2D eigenvalue weighted by molar-refractivity contribution is 7.10. The molecular weight excluding hydrogens is 262 g/mol. The molecule has 0 bridgehead atoms. The fourth-order valence-electron chi connectivity index (χ4n) is 2.19. The van der Waals surface area contributed by atoms with Crippen molar-refractivity contribution in [3.63, 3.8) is 0 Å². The van der Waals surface area contributed by atoms with E-state index in [0.717, 1.165) is 19.5 Å². The van der Waals surface area contributed by atoms with Crippen LogP contribution in [0.4, 0.5) is 0 Å². The van der Waals surface area contributed by atoms with E-state index < -0.39 is 0 Å². The van der Waals surface area contributed by atoms with Crippen LogP contribution in [-0.2, 0) is 27.2 Å². The highest BCUT2D eigenvalue weighted by atomic mass is 32.1. The van der Waals surface area contributed by atoms with Gasteiger partial charge in [-0.05, 0) is 37.3 Å². The SMILES string of the molecule is CCOCCOC(C)C(=O)N1CCc2sccc2C1. The monoisotopic (exact) mass is 283 g/mol. The molecular formula is C14H21NO3S. The third-order valence-corrected chi connectivity index (χ3v) is 4.29. The molecule has 1 aromatic heterocycles. The zero-order chi connectivity index (χ0) is 13.7. The Morgan fingerprint density at radius 2 is 2.37 bits per heavy atom. The van der Waals surface area contributed by atoms with Gasteiger partial charge in [-0.15, -0.1) is 11.3 Å². The summed E-state index contributed by atoms with van der Waals surface area (Å²) in [4.78, 5) is 15.6. The average molecular weight is 283 g/mol. The van der Waals surface area contributed by atoms with Crippen LogP contribution >= 0.6 is 11.3 Å². The largest absolute Gasteiger partial charge is 0.379 e. The molecule has 2 heterocycles. The van der Waals surface area contributed by atoms with Crippen molar-refractivity contribution in [1.29, 1.82) is 0 Å². The number of hydrogen-bond donors (Lipinski definition) is 0. The molecule has 0 saturated carbocycles. The zero-order valence-electron chi connectivity index (χ0n) is 11.6. The molecule has 0 aromatic carbocycles. The first kappa shape index (κ1) is 14.5. The van der Waals surface area contributed by atoms with Gasteiger partial charge in [0.2, 0.25) is 0 Å². The maximum absolute atomic E-state index is 12.3. The van der Waals surface area contributed by atoms with Crippen LogP contribution in [0.3, 0.4) is 0 Å². The number of amides is 1. The lowest BCUT2D eigenvalue weighted by atomic mass is 10.1. The Hall–Kier alpha value is -0.910. The minimum Gasteiger partial charge on any atom is -0.379 e. The average Bonchev–Trinajstić information content (AvgIpc) is 2.89. The van der Waals surface area contributed by atoms with Crippen LogP contribution in [-0.4, -0.2) is 43.3 Å². The maximum atomic E-state index is 12.3. The molecule has 1 aliphatic rings. The molecule has 19 heavy (non-hydrogen) atoms. The summed E-state index contributed by atoms with van der Waals surface area (Å²) in [5.41, 5.74) is 1.28. The number of rotatable bonds is 6. The molecule has 0 saturated heterocycles. The van der Waals surface area contributed by atoms with Gasteiger partial charge in [-0.25, -0.2) is 0 Å². The Bertz CT molecular complexity index is 419. The summed E-state index contributed by atoms with van der Waals surface area (Å²) in [5, 5.41) is 2.10. The lowest BCUT2D eigenvalue weighted by molar-refractivity contribution is -0.144. The Kier molecular flexibility index (Phi) is 5.36. The number of carbonyl (C=O) groups is 1. The zero-order valence-corrected chi connectivity index (χ0v) is 12.4. The van der Waals surface area contributed by atoms with Gasteiger partial charge in [0, 0.05) is 24.6 Å². The van der Waals surface area contributed by atoms with Crippen molar-refractivity contribution in [2.24, 2.45) is 0 Å². The molecule has 0 N–H and O–H groups in total. The third-order valence-electron chi connectivity index (χ3n) is 3.27. The molecule has 1 atom stereocenters. The fraction of sp³-hybridized carbons (Fsp3) is 0.643. The number of fused-ring (bicyclic) bond motifs is 1. The summed E-state index contributed by atoms with van der Waals surface area (Å²) in [5.74, 6) is 0.0772. The van der Waals surface area contributed by atoms with Crippen LogP contribution in [0.15, 0.2) is 11.4 Å². The van der Waals surface area contributed by atoms with Gasteiger partial charge in [-0.2, -0.15) is 0 Å². The molecule has 1 aromatic rings. The molecule has 0 fully saturated rings.